The Balaban J connectivity index is 1.81. The number of nitrogens with zero attached hydrogens (tertiary/aromatic N) is 1. The van der Waals surface area contributed by atoms with E-state index in [1.54, 1.807) is 0 Å². The summed E-state index contributed by atoms with van der Waals surface area (Å²) >= 11 is 0. The molecule has 88 valence electrons. The minimum absolute atomic E-state index is 0.193. The van der Waals surface area contributed by atoms with Crippen LogP contribution in [0.25, 0.3) is 0 Å². The van der Waals surface area contributed by atoms with Crippen molar-refractivity contribution < 1.29 is 9.53 Å². The van der Waals surface area contributed by atoms with E-state index in [-0.39, 0.29) is 5.92 Å². The summed E-state index contributed by atoms with van der Waals surface area (Å²) in [6.07, 6.45) is 3.58. The number of morpholine rings is 1. The van der Waals surface area contributed by atoms with Crippen molar-refractivity contribution in [2.75, 3.05) is 13.2 Å². The third kappa shape index (κ3) is 2.81. The molecule has 2 aliphatic heterocycles. The second-order valence-electron chi connectivity index (χ2n) is 4.74. The van der Waals surface area contributed by atoms with Gasteiger partial charge in [-0.1, -0.05) is 0 Å². The Morgan fingerprint density at radius 3 is 2.69 bits per heavy atom. The zero-order chi connectivity index (χ0) is 11.4. The molecule has 0 spiro atoms. The van der Waals surface area contributed by atoms with Gasteiger partial charge in [0, 0.05) is 30.8 Å². The minimum Gasteiger partial charge on any atom is -0.378 e. The van der Waals surface area contributed by atoms with Gasteiger partial charge >= 0.3 is 0 Å². The van der Waals surface area contributed by atoms with Crippen LogP contribution in [-0.4, -0.2) is 31.1 Å². The summed E-state index contributed by atoms with van der Waals surface area (Å²) in [6, 6.07) is 2.80. The maximum absolute atomic E-state index is 11.9. The van der Waals surface area contributed by atoms with Crippen LogP contribution >= 0.6 is 0 Å². The first-order chi connectivity index (χ1) is 7.79. The standard InChI is InChI=1S/C12H18N2O2/c13-4-2-1-3-12(15)9-5-10-7-16-8-11(6-9)14-10/h9-11,14H,1-3,5-8H2. The van der Waals surface area contributed by atoms with Crippen LogP contribution in [0.1, 0.15) is 32.1 Å². The van der Waals surface area contributed by atoms with Crippen LogP contribution in [0.5, 0.6) is 0 Å². The lowest BCUT2D eigenvalue weighted by molar-refractivity contribution is -0.126. The van der Waals surface area contributed by atoms with E-state index in [0.29, 0.717) is 37.1 Å². The second-order valence-corrected chi connectivity index (χ2v) is 4.74. The number of unbranched alkanes of at least 4 members (excludes halogenated alkanes) is 1. The lowest BCUT2D eigenvalue weighted by Gasteiger charge is -2.39. The number of nitriles is 1. The van der Waals surface area contributed by atoms with E-state index in [2.05, 4.69) is 11.4 Å². The Bertz CT molecular complexity index is 286. The first-order valence-corrected chi connectivity index (χ1v) is 6.03. The Kier molecular flexibility index (Phi) is 3.92. The van der Waals surface area contributed by atoms with E-state index >= 15 is 0 Å². The molecule has 4 heteroatoms. The van der Waals surface area contributed by atoms with Crippen molar-refractivity contribution in [3.05, 3.63) is 0 Å². The van der Waals surface area contributed by atoms with Crippen LogP contribution in [0.15, 0.2) is 0 Å². The molecule has 2 fully saturated rings. The smallest absolute Gasteiger partial charge is 0.136 e. The number of piperidine rings is 1. The molecule has 0 aromatic rings. The lowest BCUT2D eigenvalue weighted by Crippen LogP contribution is -2.55. The van der Waals surface area contributed by atoms with Gasteiger partial charge in [-0.25, -0.2) is 0 Å². The molecular formula is C12H18N2O2. The number of carbonyl (C=O) groups excluding carboxylic acids is 1. The van der Waals surface area contributed by atoms with Gasteiger partial charge in [0.1, 0.15) is 5.78 Å². The molecule has 0 amide bonds. The zero-order valence-electron chi connectivity index (χ0n) is 9.45. The first kappa shape index (κ1) is 11.6. The molecule has 0 saturated carbocycles. The number of hydrogen-bond donors (Lipinski definition) is 1. The van der Waals surface area contributed by atoms with E-state index in [1.165, 1.54) is 0 Å². The van der Waals surface area contributed by atoms with Crippen molar-refractivity contribution in [1.82, 2.24) is 5.32 Å². The number of ketones is 1. The van der Waals surface area contributed by atoms with Crippen molar-refractivity contribution in [3.63, 3.8) is 0 Å². The fourth-order valence-corrected chi connectivity index (χ4v) is 2.65. The van der Waals surface area contributed by atoms with Crippen LogP contribution in [0, 0.1) is 17.2 Å². The maximum Gasteiger partial charge on any atom is 0.136 e. The highest BCUT2D eigenvalue weighted by molar-refractivity contribution is 5.81. The Hall–Kier alpha value is -0.920. The molecule has 2 saturated heterocycles. The molecule has 0 aromatic carbocycles. The van der Waals surface area contributed by atoms with Crippen molar-refractivity contribution in [3.8, 4) is 6.07 Å². The molecule has 0 radical (unpaired) electrons. The fourth-order valence-electron chi connectivity index (χ4n) is 2.65. The molecule has 2 atom stereocenters. The van der Waals surface area contributed by atoms with Gasteiger partial charge in [-0.05, 0) is 19.3 Å². The SMILES string of the molecule is N#CCCCC(=O)C1CC2COCC(C1)N2. The lowest BCUT2D eigenvalue weighted by atomic mass is 9.83. The van der Waals surface area contributed by atoms with Gasteiger partial charge < -0.3 is 10.1 Å². The van der Waals surface area contributed by atoms with E-state index in [0.717, 1.165) is 26.1 Å². The zero-order valence-corrected chi connectivity index (χ0v) is 9.45. The molecule has 16 heavy (non-hydrogen) atoms. The van der Waals surface area contributed by atoms with Crippen molar-refractivity contribution in [2.24, 2.45) is 5.92 Å². The summed E-state index contributed by atoms with van der Waals surface area (Å²) in [5.41, 5.74) is 0. The summed E-state index contributed by atoms with van der Waals surface area (Å²) in [4.78, 5) is 11.9. The molecule has 2 aliphatic rings. The molecule has 4 nitrogen and oxygen atoms in total. The van der Waals surface area contributed by atoms with Crippen molar-refractivity contribution in [1.29, 1.82) is 5.26 Å². The predicted octanol–water partition coefficient (Wildman–Crippen LogP) is 1.02. The summed E-state index contributed by atoms with van der Waals surface area (Å²) in [6.45, 7) is 1.47. The van der Waals surface area contributed by atoms with Gasteiger partial charge in [0.2, 0.25) is 0 Å². The molecule has 2 unspecified atom stereocenters. The number of fused-ring (bicyclic) bond motifs is 2. The summed E-state index contributed by atoms with van der Waals surface area (Å²) < 4.78 is 5.45. The van der Waals surface area contributed by atoms with Crippen molar-refractivity contribution in [2.45, 2.75) is 44.2 Å². The highest BCUT2D eigenvalue weighted by Crippen LogP contribution is 2.26. The van der Waals surface area contributed by atoms with E-state index in [1.807, 2.05) is 0 Å². The molecular weight excluding hydrogens is 204 g/mol. The number of rotatable bonds is 4. The average Bonchev–Trinajstić information content (AvgIpc) is 2.28. The minimum atomic E-state index is 0.193. The average molecular weight is 222 g/mol. The predicted molar refractivity (Wildman–Crippen MR) is 58.7 cm³/mol. The molecule has 0 aromatic heterocycles. The summed E-state index contributed by atoms with van der Waals surface area (Å²) in [5, 5.41) is 11.9. The number of nitrogens with one attached hydrogen (secondary N) is 1. The Morgan fingerprint density at radius 1 is 1.38 bits per heavy atom. The van der Waals surface area contributed by atoms with Gasteiger partial charge in [-0.15, -0.1) is 0 Å². The largest absolute Gasteiger partial charge is 0.378 e. The van der Waals surface area contributed by atoms with Crippen LogP contribution in [-0.2, 0) is 9.53 Å². The number of Topliss-reactive ketones (excluding diaryl/α,β-unsaturated/α-hetero) is 1. The van der Waals surface area contributed by atoms with E-state index in [4.69, 9.17) is 10.00 Å². The van der Waals surface area contributed by atoms with Crippen LogP contribution in [0.3, 0.4) is 0 Å². The van der Waals surface area contributed by atoms with Gasteiger partial charge in [-0.2, -0.15) is 5.26 Å². The maximum atomic E-state index is 11.9. The topological polar surface area (TPSA) is 62.1 Å². The molecule has 2 rings (SSSR count). The van der Waals surface area contributed by atoms with Gasteiger partial charge in [-0.3, -0.25) is 4.79 Å². The second kappa shape index (κ2) is 5.42. The normalized spacial score (nSPS) is 33.1. The number of carbonyl (C=O) groups is 1. The first-order valence-electron chi connectivity index (χ1n) is 6.03. The van der Waals surface area contributed by atoms with Crippen LogP contribution in [0.4, 0.5) is 0 Å². The molecule has 2 heterocycles. The van der Waals surface area contributed by atoms with Gasteiger partial charge in [0.25, 0.3) is 0 Å². The fraction of sp³-hybridized carbons (Fsp3) is 0.833. The monoisotopic (exact) mass is 222 g/mol. The molecule has 0 aliphatic carbocycles. The van der Waals surface area contributed by atoms with Crippen molar-refractivity contribution >= 4 is 5.78 Å². The van der Waals surface area contributed by atoms with Crippen LogP contribution in [0.2, 0.25) is 0 Å². The van der Waals surface area contributed by atoms with Crippen LogP contribution < -0.4 is 5.32 Å². The molecule has 1 N–H and O–H groups in total. The highest BCUT2D eigenvalue weighted by atomic mass is 16.5. The van der Waals surface area contributed by atoms with E-state index < -0.39 is 0 Å². The summed E-state index contributed by atoms with van der Waals surface area (Å²) in [5.74, 6) is 0.535. The Morgan fingerprint density at radius 2 is 2.06 bits per heavy atom. The van der Waals surface area contributed by atoms with E-state index in [9.17, 15) is 4.79 Å². The van der Waals surface area contributed by atoms with Gasteiger partial charge in [0.05, 0.1) is 19.3 Å². The summed E-state index contributed by atoms with van der Waals surface area (Å²) in [7, 11) is 0. The Labute approximate surface area is 96.0 Å². The third-order valence-electron chi connectivity index (χ3n) is 3.41. The number of hydrogen-bond acceptors (Lipinski definition) is 4. The van der Waals surface area contributed by atoms with Gasteiger partial charge in [0.15, 0.2) is 0 Å². The molecule has 2 bridgehead atoms. The third-order valence-corrected chi connectivity index (χ3v) is 3.41. The highest BCUT2D eigenvalue weighted by Gasteiger charge is 2.34. The number of ether oxygens (including phenoxy) is 1. The quantitative estimate of drug-likeness (QED) is 0.721.